The Labute approximate surface area is 127 Å². The molecule has 1 heterocycles. The lowest BCUT2D eigenvalue weighted by molar-refractivity contribution is 0.102. The van der Waals surface area contributed by atoms with Gasteiger partial charge in [-0.25, -0.2) is 9.97 Å². The zero-order valence-corrected chi connectivity index (χ0v) is 11.6. The Bertz CT molecular complexity index is 744. The molecular formula is C17H13N3O2. The zero-order chi connectivity index (χ0) is 15.2. The van der Waals surface area contributed by atoms with Crippen molar-refractivity contribution < 1.29 is 9.53 Å². The summed E-state index contributed by atoms with van der Waals surface area (Å²) in [5.74, 6) is 0.449. The highest BCUT2D eigenvalue weighted by atomic mass is 16.5. The smallest absolute Gasteiger partial charge is 0.321 e. The van der Waals surface area contributed by atoms with Crippen molar-refractivity contribution in [1.29, 1.82) is 0 Å². The average Bonchev–Trinajstić information content (AvgIpc) is 2.58. The first-order valence-electron chi connectivity index (χ1n) is 6.72. The Kier molecular flexibility index (Phi) is 4.06. The van der Waals surface area contributed by atoms with Crippen LogP contribution in [-0.2, 0) is 0 Å². The molecule has 0 bridgehead atoms. The van der Waals surface area contributed by atoms with Crippen LogP contribution in [0.1, 0.15) is 10.4 Å². The highest BCUT2D eigenvalue weighted by Gasteiger charge is 2.05. The van der Waals surface area contributed by atoms with Gasteiger partial charge in [-0.05, 0) is 42.5 Å². The molecule has 0 spiro atoms. The van der Waals surface area contributed by atoms with Crippen LogP contribution < -0.4 is 10.1 Å². The molecule has 0 aliphatic rings. The lowest BCUT2D eigenvalue weighted by Crippen LogP contribution is -2.11. The van der Waals surface area contributed by atoms with Crippen LogP contribution in [-0.4, -0.2) is 15.9 Å². The lowest BCUT2D eigenvalue weighted by Gasteiger charge is -2.07. The Morgan fingerprint density at radius 2 is 1.55 bits per heavy atom. The molecule has 0 radical (unpaired) electrons. The molecule has 2 aromatic carbocycles. The van der Waals surface area contributed by atoms with Gasteiger partial charge in [0.25, 0.3) is 5.91 Å². The molecule has 1 N–H and O–H groups in total. The summed E-state index contributed by atoms with van der Waals surface area (Å²) in [5, 5.41) is 2.82. The molecular weight excluding hydrogens is 278 g/mol. The maximum absolute atomic E-state index is 12.0. The molecule has 0 saturated heterocycles. The fourth-order valence-electron chi connectivity index (χ4n) is 1.84. The number of carbonyl (C=O) groups excluding carboxylic acids is 1. The number of carbonyl (C=O) groups is 1. The molecule has 0 unspecified atom stereocenters. The SMILES string of the molecule is O=C(Nc1ccc(Oc2ncccn2)cc1)c1ccccc1. The topological polar surface area (TPSA) is 64.1 Å². The van der Waals surface area contributed by atoms with Crippen LogP contribution >= 0.6 is 0 Å². The molecule has 0 fully saturated rings. The van der Waals surface area contributed by atoms with Crippen LogP contribution in [0, 0.1) is 0 Å². The third-order valence-electron chi connectivity index (χ3n) is 2.90. The number of anilines is 1. The van der Waals surface area contributed by atoms with E-state index in [2.05, 4.69) is 15.3 Å². The normalized spacial score (nSPS) is 10.0. The molecule has 0 aliphatic heterocycles. The zero-order valence-electron chi connectivity index (χ0n) is 11.6. The van der Waals surface area contributed by atoms with Crippen LogP contribution in [0.5, 0.6) is 11.8 Å². The summed E-state index contributed by atoms with van der Waals surface area (Å²) in [6, 6.07) is 18.1. The number of hydrogen-bond donors (Lipinski definition) is 1. The van der Waals surface area contributed by atoms with Crippen molar-refractivity contribution in [2.75, 3.05) is 5.32 Å². The quantitative estimate of drug-likeness (QED) is 0.798. The first-order chi connectivity index (χ1) is 10.8. The second-order valence-corrected chi connectivity index (χ2v) is 4.48. The monoisotopic (exact) mass is 291 g/mol. The van der Waals surface area contributed by atoms with E-state index in [0.29, 0.717) is 17.0 Å². The third-order valence-corrected chi connectivity index (χ3v) is 2.90. The van der Waals surface area contributed by atoms with Crippen molar-refractivity contribution in [2.45, 2.75) is 0 Å². The summed E-state index contributed by atoms with van der Waals surface area (Å²) in [7, 11) is 0. The minimum atomic E-state index is -0.152. The highest BCUT2D eigenvalue weighted by Crippen LogP contribution is 2.20. The lowest BCUT2D eigenvalue weighted by atomic mass is 10.2. The second-order valence-electron chi connectivity index (χ2n) is 4.48. The number of nitrogens with one attached hydrogen (secondary N) is 1. The summed E-state index contributed by atoms with van der Waals surface area (Å²) >= 11 is 0. The fraction of sp³-hybridized carbons (Fsp3) is 0. The highest BCUT2D eigenvalue weighted by molar-refractivity contribution is 6.04. The van der Waals surface area contributed by atoms with Crippen LogP contribution in [0.15, 0.2) is 73.1 Å². The molecule has 5 heteroatoms. The minimum absolute atomic E-state index is 0.152. The minimum Gasteiger partial charge on any atom is -0.424 e. The van der Waals surface area contributed by atoms with Gasteiger partial charge in [0.15, 0.2) is 0 Å². The predicted molar refractivity (Wildman–Crippen MR) is 82.9 cm³/mol. The van der Waals surface area contributed by atoms with Gasteiger partial charge in [0.05, 0.1) is 0 Å². The summed E-state index contributed by atoms with van der Waals surface area (Å²) < 4.78 is 5.49. The molecule has 108 valence electrons. The van der Waals surface area contributed by atoms with E-state index in [0.717, 1.165) is 0 Å². The molecule has 0 atom stereocenters. The summed E-state index contributed by atoms with van der Waals surface area (Å²) in [4.78, 5) is 20.0. The first kappa shape index (κ1) is 13.8. The van der Waals surface area contributed by atoms with E-state index in [-0.39, 0.29) is 11.9 Å². The molecule has 0 saturated carbocycles. The van der Waals surface area contributed by atoms with Gasteiger partial charge in [0.1, 0.15) is 5.75 Å². The number of hydrogen-bond acceptors (Lipinski definition) is 4. The predicted octanol–water partition coefficient (Wildman–Crippen LogP) is 3.52. The van der Waals surface area contributed by atoms with E-state index in [9.17, 15) is 4.79 Å². The molecule has 3 rings (SSSR count). The van der Waals surface area contributed by atoms with E-state index in [1.165, 1.54) is 0 Å². The molecule has 3 aromatic rings. The molecule has 5 nitrogen and oxygen atoms in total. The van der Waals surface area contributed by atoms with Crippen molar-refractivity contribution in [1.82, 2.24) is 9.97 Å². The number of benzene rings is 2. The first-order valence-corrected chi connectivity index (χ1v) is 6.72. The largest absolute Gasteiger partial charge is 0.424 e. The summed E-state index contributed by atoms with van der Waals surface area (Å²) in [6.07, 6.45) is 3.22. The summed E-state index contributed by atoms with van der Waals surface area (Å²) in [6.45, 7) is 0. The van der Waals surface area contributed by atoms with Crippen LogP contribution in [0.3, 0.4) is 0 Å². The van der Waals surface area contributed by atoms with Gasteiger partial charge in [-0.3, -0.25) is 4.79 Å². The van der Waals surface area contributed by atoms with E-state index < -0.39 is 0 Å². The van der Waals surface area contributed by atoms with Gasteiger partial charge >= 0.3 is 6.01 Å². The van der Waals surface area contributed by atoms with Crippen molar-refractivity contribution in [2.24, 2.45) is 0 Å². The Morgan fingerprint density at radius 1 is 0.864 bits per heavy atom. The van der Waals surface area contributed by atoms with Gasteiger partial charge in [-0.1, -0.05) is 18.2 Å². The number of ether oxygens (including phenoxy) is 1. The van der Waals surface area contributed by atoms with E-state index in [1.807, 2.05) is 18.2 Å². The maximum Gasteiger partial charge on any atom is 0.321 e. The van der Waals surface area contributed by atoms with Gasteiger partial charge in [0.2, 0.25) is 0 Å². The van der Waals surface area contributed by atoms with Crippen LogP contribution in [0.4, 0.5) is 5.69 Å². The van der Waals surface area contributed by atoms with Gasteiger partial charge in [-0.15, -0.1) is 0 Å². The van der Waals surface area contributed by atoms with E-state index >= 15 is 0 Å². The molecule has 1 amide bonds. The van der Waals surface area contributed by atoms with E-state index in [1.54, 1.807) is 54.9 Å². The standard InChI is InChI=1S/C17H13N3O2/c21-16(13-5-2-1-3-6-13)20-14-7-9-15(10-8-14)22-17-18-11-4-12-19-17/h1-12H,(H,20,21). The fourth-order valence-corrected chi connectivity index (χ4v) is 1.84. The molecule has 22 heavy (non-hydrogen) atoms. The Hall–Kier alpha value is -3.21. The Morgan fingerprint density at radius 3 is 2.23 bits per heavy atom. The second kappa shape index (κ2) is 6.49. The Balaban J connectivity index is 1.66. The van der Waals surface area contributed by atoms with Crippen molar-refractivity contribution >= 4 is 11.6 Å². The van der Waals surface area contributed by atoms with Crippen molar-refractivity contribution in [3.63, 3.8) is 0 Å². The van der Waals surface area contributed by atoms with Crippen molar-refractivity contribution in [3.8, 4) is 11.8 Å². The van der Waals surface area contributed by atoms with E-state index in [4.69, 9.17) is 4.74 Å². The van der Waals surface area contributed by atoms with Gasteiger partial charge < -0.3 is 10.1 Å². The number of amides is 1. The molecule has 0 aliphatic carbocycles. The summed E-state index contributed by atoms with van der Waals surface area (Å²) in [5.41, 5.74) is 1.30. The van der Waals surface area contributed by atoms with Crippen LogP contribution in [0.2, 0.25) is 0 Å². The number of nitrogens with zero attached hydrogens (tertiary/aromatic N) is 2. The maximum atomic E-state index is 12.0. The van der Waals surface area contributed by atoms with Crippen LogP contribution in [0.25, 0.3) is 0 Å². The van der Waals surface area contributed by atoms with Gasteiger partial charge in [-0.2, -0.15) is 0 Å². The number of rotatable bonds is 4. The third kappa shape index (κ3) is 3.46. The van der Waals surface area contributed by atoms with Gasteiger partial charge in [0, 0.05) is 23.6 Å². The average molecular weight is 291 g/mol. The number of aromatic nitrogens is 2. The molecule has 1 aromatic heterocycles. The van der Waals surface area contributed by atoms with Crippen molar-refractivity contribution in [3.05, 3.63) is 78.6 Å².